The summed E-state index contributed by atoms with van der Waals surface area (Å²) in [5.41, 5.74) is -0.703. The molecular weight excluding hydrogens is 255 g/mol. The Morgan fingerprint density at radius 1 is 1.32 bits per heavy atom. The van der Waals surface area contributed by atoms with Gasteiger partial charge in [0.1, 0.15) is 5.75 Å². The third kappa shape index (κ3) is 3.62. The van der Waals surface area contributed by atoms with Crippen LogP contribution in [-0.4, -0.2) is 19.2 Å². The van der Waals surface area contributed by atoms with Gasteiger partial charge in [-0.2, -0.15) is 13.2 Å². The first-order chi connectivity index (χ1) is 8.98. The number of piperidine rings is 1. The molecule has 1 saturated heterocycles. The normalized spacial score (nSPS) is 22.0. The van der Waals surface area contributed by atoms with Gasteiger partial charge in [-0.25, -0.2) is 0 Å². The fraction of sp³-hybridized carbons (Fsp3) is 0.571. The zero-order valence-corrected chi connectivity index (χ0v) is 10.8. The van der Waals surface area contributed by atoms with Crippen LogP contribution in [0.4, 0.5) is 13.2 Å². The molecule has 1 aromatic carbocycles. The van der Waals surface area contributed by atoms with Crippen molar-refractivity contribution in [3.05, 3.63) is 29.8 Å². The first kappa shape index (κ1) is 14.2. The number of benzene rings is 1. The maximum Gasteiger partial charge on any atom is 0.419 e. The van der Waals surface area contributed by atoms with Gasteiger partial charge >= 0.3 is 6.18 Å². The zero-order valence-electron chi connectivity index (χ0n) is 10.8. The molecule has 1 aliphatic heterocycles. The van der Waals surface area contributed by atoms with Crippen LogP contribution in [-0.2, 0) is 6.18 Å². The monoisotopic (exact) mass is 273 g/mol. The second-order valence-electron chi connectivity index (χ2n) is 4.92. The highest BCUT2D eigenvalue weighted by Crippen LogP contribution is 2.36. The van der Waals surface area contributed by atoms with E-state index >= 15 is 0 Å². The standard InChI is InChI=1S/C14H18F3NO/c1-10(11-5-4-8-18-9-11)19-13-7-3-2-6-12(13)14(15,16)17/h2-3,6-7,10-11,18H,4-5,8-9H2,1H3/t10?,11-/m0/s1. The van der Waals surface area contributed by atoms with E-state index in [4.69, 9.17) is 4.74 Å². The molecule has 2 atom stereocenters. The maximum absolute atomic E-state index is 12.8. The molecule has 1 aliphatic rings. The van der Waals surface area contributed by atoms with E-state index < -0.39 is 11.7 Å². The Morgan fingerprint density at radius 3 is 2.68 bits per heavy atom. The summed E-state index contributed by atoms with van der Waals surface area (Å²) in [4.78, 5) is 0. The Labute approximate surface area is 111 Å². The minimum atomic E-state index is -4.37. The topological polar surface area (TPSA) is 21.3 Å². The number of para-hydroxylation sites is 1. The largest absolute Gasteiger partial charge is 0.490 e. The zero-order chi connectivity index (χ0) is 13.9. The Balaban J connectivity index is 2.10. The van der Waals surface area contributed by atoms with Gasteiger partial charge in [0.05, 0.1) is 11.7 Å². The second kappa shape index (κ2) is 5.82. The summed E-state index contributed by atoms with van der Waals surface area (Å²) >= 11 is 0. The summed E-state index contributed by atoms with van der Waals surface area (Å²) in [6.45, 7) is 3.61. The summed E-state index contributed by atoms with van der Waals surface area (Å²) < 4.78 is 44.1. The number of rotatable bonds is 3. The summed E-state index contributed by atoms with van der Waals surface area (Å²) in [7, 11) is 0. The van der Waals surface area contributed by atoms with E-state index in [0.29, 0.717) is 0 Å². The quantitative estimate of drug-likeness (QED) is 0.910. The summed E-state index contributed by atoms with van der Waals surface area (Å²) in [6, 6.07) is 5.38. The van der Waals surface area contributed by atoms with Crippen molar-refractivity contribution < 1.29 is 17.9 Å². The molecule has 1 unspecified atom stereocenters. The minimum Gasteiger partial charge on any atom is -0.490 e. The lowest BCUT2D eigenvalue weighted by atomic mass is 9.94. The highest BCUT2D eigenvalue weighted by molar-refractivity contribution is 5.35. The number of hydrogen-bond donors (Lipinski definition) is 1. The van der Waals surface area contributed by atoms with Crippen LogP contribution in [0, 0.1) is 5.92 Å². The molecule has 2 nitrogen and oxygen atoms in total. The number of hydrogen-bond acceptors (Lipinski definition) is 2. The van der Waals surface area contributed by atoms with Crippen molar-refractivity contribution in [1.82, 2.24) is 5.32 Å². The van der Waals surface area contributed by atoms with Gasteiger partial charge in [0.2, 0.25) is 0 Å². The van der Waals surface area contributed by atoms with E-state index in [2.05, 4.69) is 5.32 Å². The maximum atomic E-state index is 12.8. The van der Waals surface area contributed by atoms with Crippen LogP contribution in [0.1, 0.15) is 25.3 Å². The third-order valence-electron chi connectivity index (χ3n) is 3.50. The van der Waals surface area contributed by atoms with Gasteiger partial charge in [0.15, 0.2) is 0 Å². The minimum absolute atomic E-state index is 0.0759. The molecular formula is C14H18F3NO. The fourth-order valence-corrected chi connectivity index (χ4v) is 2.38. The first-order valence-electron chi connectivity index (χ1n) is 6.52. The van der Waals surface area contributed by atoms with E-state index in [1.54, 1.807) is 6.07 Å². The average Bonchev–Trinajstić information content (AvgIpc) is 2.39. The van der Waals surface area contributed by atoms with E-state index in [1.807, 2.05) is 6.92 Å². The van der Waals surface area contributed by atoms with E-state index in [-0.39, 0.29) is 17.8 Å². The highest BCUT2D eigenvalue weighted by atomic mass is 19.4. The number of alkyl halides is 3. The predicted molar refractivity (Wildman–Crippen MR) is 67.1 cm³/mol. The number of nitrogens with one attached hydrogen (secondary N) is 1. The molecule has 1 fully saturated rings. The molecule has 1 heterocycles. The molecule has 0 saturated carbocycles. The smallest absolute Gasteiger partial charge is 0.419 e. The Bertz CT molecular complexity index is 413. The van der Waals surface area contributed by atoms with Gasteiger partial charge in [-0.1, -0.05) is 12.1 Å². The van der Waals surface area contributed by atoms with Crippen LogP contribution >= 0.6 is 0 Å². The average molecular weight is 273 g/mol. The molecule has 1 aromatic rings. The molecule has 0 amide bonds. The Hall–Kier alpha value is -1.23. The van der Waals surface area contributed by atoms with Crippen LogP contribution in [0.5, 0.6) is 5.75 Å². The van der Waals surface area contributed by atoms with Gasteiger partial charge in [-0.3, -0.25) is 0 Å². The van der Waals surface area contributed by atoms with E-state index in [0.717, 1.165) is 32.0 Å². The van der Waals surface area contributed by atoms with E-state index in [9.17, 15) is 13.2 Å². The number of halogens is 3. The lowest BCUT2D eigenvalue weighted by Crippen LogP contribution is -2.38. The van der Waals surface area contributed by atoms with Gasteiger partial charge < -0.3 is 10.1 Å². The molecule has 0 spiro atoms. The molecule has 5 heteroatoms. The molecule has 0 aromatic heterocycles. The summed E-state index contributed by atoms with van der Waals surface area (Å²) in [6.07, 6.45) is -2.57. The molecule has 0 radical (unpaired) electrons. The van der Waals surface area contributed by atoms with Crippen LogP contribution in [0.2, 0.25) is 0 Å². The lowest BCUT2D eigenvalue weighted by molar-refractivity contribution is -0.139. The lowest BCUT2D eigenvalue weighted by Gasteiger charge is -2.29. The Morgan fingerprint density at radius 2 is 2.05 bits per heavy atom. The molecule has 1 N–H and O–H groups in total. The van der Waals surface area contributed by atoms with Crippen molar-refractivity contribution in [1.29, 1.82) is 0 Å². The van der Waals surface area contributed by atoms with Gasteiger partial charge in [-0.05, 0) is 38.4 Å². The molecule has 0 aliphatic carbocycles. The highest BCUT2D eigenvalue weighted by Gasteiger charge is 2.35. The fourth-order valence-electron chi connectivity index (χ4n) is 2.38. The van der Waals surface area contributed by atoms with Crippen molar-refractivity contribution in [2.75, 3.05) is 13.1 Å². The van der Waals surface area contributed by atoms with Gasteiger partial charge in [0, 0.05) is 12.5 Å². The third-order valence-corrected chi connectivity index (χ3v) is 3.50. The number of ether oxygens (including phenoxy) is 1. The summed E-state index contributed by atoms with van der Waals surface area (Å²) in [5.74, 6) is 0.183. The SMILES string of the molecule is CC(Oc1ccccc1C(F)(F)F)[C@H]1CCCNC1. The molecule has 106 valence electrons. The van der Waals surface area contributed by atoms with Crippen LogP contribution in [0.3, 0.4) is 0 Å². The van der Waals surface area contributed by atoms with Crippen molar-refractivity contribution in [2.45, 2.75) is 32.0 Å². The Kier molecular flexibility index (Phi) is 4.34. The molecule has 19 heavy (non-hydrogen) atoms. The first-order valence-corrected chi connectivity index (χ1v) is 6.52. The van der Waals surface area contributed by atoms with Crippen molar-refractivity contribution in [3.63, 3.8) is 0 Å². The molecule has 2 rings (SSSR count). The van der Waals surface area contributed by atoms with Gasteiger partial charge in [-0.15, -0.1) is 0 Å². The van der Waals surface area contributed by atoms with Crippen LogP contribution in [0.15, 0.2) is 24.3 Å². The second-order valence-corrected chi connectivity index (χ2v) is 4.92. The van der Waals surface area contributed by atoms with Crippen molar-refractivity contribution in [3.8, 4) is 5.75 Å². The van der Waals surface area contributed by atoms with E-state index in [1.165, 1.54) is 12.1 Å². The predicted octanol–water partition coefficient (Wildman–Crippen LogP) is 3.47. The van der Waals surface area contributed by atoms with Crippen LogP contribution in [0.25, 0.3) is 0 Å². The van der Waals surface area contributed by atoms with Crippen molar-refractivity contribution >= 4 is 0 Å². The summed E-state index contributed by atoms with van der Waals surface area (Å²) in [5, 5.41) is 3.24. The van der Waals surface area contributed by atoms with Crippen LogP contribution < -0.4 is 10.1 Å². The molecule has 0 bridgehead atoms. The van der Waals surface area contributed by atoms with Crippen molar-refractivity contribution in [2.24, 2.45) is 5.92 Å². The van der Waals surface area contributed by atoms with Gasteiger partial charge in [0.25, 0.3) is 0 Å².